The second kappa shape index (κ2) is 5.27. The highest BCUT2D eigenvalue weighted by molar-refractivity contribution is 6.33. The minimum Gasteiger partial charge on any atom is -0.456 e. The highest BCUT2D eigenvalue weighted by atomic mass is 16.3. The molecule has 2 radical (unpaired) electrons. The SMILES string of the molecule is [B]c1ccc2oc3cc4oc5ccc(-c6ccccc6)cc5c4cc3c2c1. The Labute approximate surface area is 156 Å². The second-order valence-electron chi connectivity index (χ2n) is 6.88. The Kier molecular flexibility index (Phi) is 2.87. The van der Waals surface area contributed by atoms with E-state index in [2.05, 4.69) is 42.5 Å². The van der Waals surface area contributed by atoms with Crippen LogP contribution in [-0.4, -0.2) is 7.85 Å². The van der Waals surface area contributed by atoms with Crippen molar-refractivity contribution < 1.29 is 8.83 Å². The summed E-state index contributed by atoms with van der Waals surface area (Å²) in [5.74, 6) is 0. The molecular weight excluding hydrogens is 331 g/mol. The predicted molar refractivity (Wildman–Crippen MR) is 112 cm³/mol. The van der Waals surface area contributed by atoms with E-state index in [4.69, 9.17) is 16.7 Å². The molecule has 2 heterocycles. The minimum atomic E-state index is 0.730. The van der Waals surface area contributed by atoms with Gasteiger partial charge in [0.25, 0.3) is 0 Å². The maximum absolute atomic E-state index is 6.09. The molecule has 3 heteroatoms. The van der Waals surface area contributed by atoms with Crippen molar-refractivity contribution in [2.24, 2.45) is 0 Å². The van der Waals surface area contributed by atoms with Crippen LogP contribution in [-0.2, 0) is 0 Å². The van der Waals surface area contributed by atoms with E-state index in [9.17, 15) is 0 Å². The lowest BCUT2D eigenvalue weighted by molar-refractivity contribution is 0.656. The van der Waals surface area contributed by atoms with Gasteiger partial charge in [-0.3, -0.25) is 0 Å². The topological polar surface area (TPSA) is 26.3 Å². The Bertz CT molecular complexity index is 1470. The quantitative estimate of drug-likeness (QED) is 0.345. The first kappa shape index (κ1) is 14.7. The van der Waals surface area contributed by atoms with E-state index in [1.54, 1.807) is 0 Å². The number of benzene rings is 4. The van der Waals surface area contributed by atoms with Crippen molar-refractivity contribution in [1.29, 1.82) is 0 Å². The van der Waals surface area contributed by atoms with Crippen molar-refractivity contribution in [2.45, 2.75) is 0 Å². The zero-order valence-electron chi connectivity index (χ0n) is 14.4. The van der Waals surface area contributed by atoms with Crippen molar-refractivity contribution in [3.8, 4) is 11.1 Å². The average Bonchev–Trinajstić information content (AvgIpc) is 3.23. The van der Waals surface area contributed by atoms with Crippen LogP contribution >= 0.6 is 0 Å². The molecule has 0 aliphatic rings. The first-order valence-corrected chi connectivity index (χ1v) is 8.90. The summed E-state index contributed by atoms with van der Waals surface area (Å²) in [5, 5.41) is 4.27. The lowest BCUT2D eigenvalue weighted by Crippen LogP contribution is -1.98. The van der Waals surface area contributed by atoms with Crippen LogP contribution in [0.4, 0.5) is 0 Å². The van der Waals surface area contributed by atoms with Crippen LogP contribution in [0, 0.1) is 0 Å². The Balaban J connectivity index is 1.69. The van der Waals surface area contributed by atoms with Crippen LogP contribution in [0.1, 0.15) is 0 Å². The Hall–Kier alpha value is -3.46. The van der Waals surface area contributed by atoms with Crippen molar-refractivity contribution >= 4 is 57.2 Å². The number of fused-ring (bicyclic) bond motifs is 6. The summed E-state index contributed by atoms with van der Waals surface area (Å²) in [6.45, 7) is 0. The third-order valence-electron chi connectivity index (χ3n) is 5.19. The molecule has 0 N–H and O–H groups in total. The van der Waals surface area contributed by atoms with Gasteiger partial charge >= 0.3 is 0 Å². The third kappa shape index (κ3) is 2.15. The van der Waals surface area contributed by atoms with Crippen LogP contribution in [0.2, 0.25) is 0 Å². The molecule has 0 spiro atoms. The van der Waals surface area contributed by atoms with Crippen LogP contribution in [0.25, 0.3) is 55.0 Å². The summed E-state index contributed by atoms with van der Waals surface area (Å²) < 4.78 is 12.1. The lowest BCUT2D eigenvalue weighted by atomic mass is 9.94. The summed E-state index contributed by atoms with van der Waals surface area (Å²) in [6.07, 6.45) is 0. The van der Waals surface area contributed by atoms with Crippen LogP contribution in [0.15, 0.2) is 87.7 Å². The zero-order valence-corrected chi connectivity index (χ0v) is 14.4. The molecule has 2 nitrogen and oxygen atoms in total. The molecule has 4 aromatic carbocycles. The van der Waals surface area contributed by atoms with E-state index >= 15 is 0 Å². The molecule has 6 rings (SSSR count). The fourth-order valence-corrected chi connectivity index (χ4v) is 3.87. The van der Waals surface area contributed by atoms with E-state index < -0.39 is 0 Å². The smallest absolute Gasteiger partial charge is 0.139 e. The zero-order chi connectivity index (χ0) is 18.0. The summed E-state index contributed by atoms with van der Waals surface area (Å²) >= 11 is 0. The van der Waals surface area contributed by atoms with E-state index in [1.807, 2.05) is 36.4 Å². The summed E-state index contributed by atoms with van der Waals surface area (Å²) in [5.41, 5.74) is 6.44. The number of hydrogen-bond donors (Lipinski definition) is 0. The van der Waals surface area contributed by atoms with Gasteiger partial charge in [0.2, 0.25) is 0 Å². The van der Waals surface area contributed by atoms with Gasteiger partial charge in [-0.05, 0) is 35.4 Å². The number of furan rings is 2. The van der Waals surface area contributed by atoms with Crippen molar-refractivity contribution in [2.75, 3.05) is 0 Å². The van der Waals surface area contributed by atoms with Gasteiger partial charge in [0, 0.05) is 27.6 Å². The number of hydrogen-bond acceptors (Lipinski definition) is 2. The first-order chi connectivity index (χ1) is 13.3. The van der Waals surface area contributed by atoms with Gasteiger partial charge in [-0.15, -0.1) is 0 Å². The molecular formula is C24H13BO2. The molecule has 0 saturated heterocycles. The molecule has 0 aliphatic heterocycles. The standard InChI is InChI=1S/C24H13BO2/c25-16-7-9-22-18(11-16)20-12-19-17-10-15(14-4-2-1-3-5-14)6-8-21(17)26-23(19)13-24(20)27-22/h1-13H. The lowest BCUT2D eigenvalue weighted by Gasteiger charge is -2.01. The molecule has 0 bridgehead atoms. The second-order valence-corrected chi connectivity index (χ2v) is 6.88. The van der Waals surface area contributed by atoms with Gasteiger partial charge in [0.1, 0.15) is 30.2 Å². The van der Waals surface area contributed by atoms with E-state index in [0.29, 0.717) is 0 Å². The molecule has 124 valence electrons. The monoisotopic (exact) mass is 344 g/mol. The molecule has 6 aromatic rings. The molecule has 0 atom stereocenters. The normalized spacial score (nSPS) is 11.9. The Morgan fingerprint density at radius 3 is 1.85 bits per heavy atom. The van der Waals surface area contributed by atoms with Crippen molar-refractivity contribution in [3.63, 3.8) is 0 Å². The fourth-order valence-electron chi connectivity index (χ4n) is 3.87. The van der Waals surface area contributed by atoms with E-state index in [0.717, 1.165) is 49.3 Å². The summed E-state index contributed by atoms with van der Waals surface area (Å²) in [4.78, 5) is 0. The van der Waals surface area contributed by atoms with Crippen LogP contribution < -0.4 is 5.46 Å². The highest BCUT2D eigenvalue weighted by Gasteiger charge is 2.14. The molecule has 0 amide bonds. The first-order valence-electron chi connectivity index (χ1n) is 8.90. The maximum atomic E-state index is 6.09. The van der Waals surface area contributed by atoms with Crippen LogP contribution in [0.3, 0.4) is 0 Å². The van der Waals surface area contributed by atoms with Gasteiger partial charge in [0.15, 0.2) is 0 Å². The van der Waals surface area contributed by atoms with Gasteiger partial charge in [0.05, 0.1) is 0 Å². The minimum absolute atomic E-state index is 0.730. The highest BCUT2D eigenvalue weighted by Crippen LogP contribution is 2.37. The molecule has 0 unspecified atom stereocenters. The third-order valence-corrected chi connectivity index (χ3v) is 5.19. The molecule has 0 fully saturated rings. The van der Waals surface area contributed by atoms with Crippen molar-refractivity contribution in [1.82, 2.24) is 0 Å². The van der Waals surface area contributed by atoms with Gasteiger partial charge in [-0.25, -0.2) is 0 Å². The van der Waals surface area contributed by atoms with E-state index in [1.165, 1.54) is 11.1 Å². The van der Waals surface area contributed by atoms with Gasteiger partial charge in [-0.1, -0.05) is 54.0 Å². The average molecular weight is 344 g/mol. The molecule has 2 aromatic heterocycles. The Morgan fingerprint density at radius 2 is 1.11 bits per heavy atom. The number of rotatable bonds is 1. The van der Waals surface area contributed by atoms with E-state index in [-0.39, 0.29) is 0 Å². The fraction of sp³-hybridized carbons (Fsp3) is 0. The largest absolute Gasteiger partial charge is 0.456 e. The Morgan fingerprint density at radius 1 is 0.481 bits per heavy atom. The molecule has 0 saturated carbocycles. The predicted octanol–water partition coefficient (Wildman–Crippen LogP) is 5.95. The molecule has 27 heavy (non-hydrogen) atoms. The van der Waals surface area contributed by atoms with Crippen molar-refractivity contribution in [3.05, 3.63) is 78.9 Å². The maximum Gasteiger partial charge on any atom is 0.139 e. The van der Waals surface area contributed by atoms with Gasteiger partial charge < -0.3 is 8.83 Å². The summed E-state index contributed by atoms with van der Waals surface area (Å²) in [6, 6.07) is 26.6. The summed E-state index contributed by atoms with van der Waals surface area (Å²) in [7, 11) is 5.98. The van der Waals surface area contributed by atoms with Crippen LogP contribution in [0.5, 0.6) is 0 Å². The molecule has 0 aliphatic carbocycles. The van der Waals surface area contributed by atoms with Gasteiger partial charge in [-0.2, -0.15) is 0 Å².